The van der Waals surface area contributed by atoms with Crippen molar-refractivity contribution in [2.45, 2.75) is 13.8 Å². The summed E-state index contributed by atoms with van der Waals surface area (Å²) in [5.74, 6) is -0.303. The normalized spacial score (nSPS) is 10.8. The highest BCUT2D eigenvalue weighted by atomic mass is 16.5. The van der Waals surface area contributed by atoms with E-state index in [1.165, 1.54) is 12.7 Å². The summed E-state index contributed by atoms with van der Waals surface area (Å²) in [4.78, 5) is 11.9. The lowest BCUT2D eigenvalue weighted by Gasteiger charge is -2.11. The van der Waals surface area contributed by atoms with Gasteiger partial charge in [-0.15, -0.1) is 0 Å². The summed E-state index contributed by atoms with van der Waals surface area (Å²) in [5.41, 5.74) is 5.10. The third-order valence-corrected chi connectivity index (χ3v) is 3.83. The van der Waals surface area contributed by atoms with E-state index in [9.17, 15) is 4.79 Å². The quantitative estimate of drug-likeness (QED) is 0.663. The first kappa shape index (κ1) is 13.4. The number of hydrogen-bond acceptors (Lipinski definition) is 2. The van der Waals surface area contributed by atoms with Crippen LogP contribution in [0.3, 0.4) is 0 Å². The zero-order valence-corrected chi connectivity index (χ0v) is 12.4. The van der Waals surface area contributed by atoms with Gasteiger partial charge in [-0.05, 0) is 43.2 Å². The molecule has 1 aromatic heterocycles. The first-order valence-electron chi connectivity index (χ1n) is 6.88. The summed E-state index contributed by atoms with van der Waals surface area (Å²) in [7, 11) is 1.41. The fraction of sp³-hybridized carbons (Fsp3) is 0.167. The zero-order valence-electron chi connectivity index (χ0n) is 12.4. The number of para-hydroxylation sites is 1. The molecule has 3 rings (SSSR count). The average Bonchev–Trinajstić information content (AvgIpc) is 2.93. The molecule has 0 N–H and O–H groups in total. The molecule has 0 aliphatic heterocycles. The third-order valence-electron chi connectivity index (χ3n) is 3.83. The number of carbonyl (C=O) groups is 1. The van der Waals surface area contributed by atoms with Crippen LogP contribution in [-0.4, -0.2) is 17.6 Å². The van der Waals surface area contributed by atoms with E-state index in [2.05, 4.69) is 30.5 Å². The molecular weight excluding hydrogens is 262 g/mol. The lowest BCUT2D eigenvalue weighted by atomic mass is 10.1. The molecule has 0 saturated carbocycles. The Morgan fingerprint density at radius 3 is 2.48 bits per heavy atom. The molecule has 1 heterocycles. The minimum Gasteiger partial charge on any atom is -0.465 e. The number of benzene rings is 2. The Kier molecular flexibility index (Phi) is 3.26. The number of methoxy groups -OCH3 is 1. The van der Waals surface area contributed by atoms with Gasteiger partial charge in [-0.1, -0.05) is 24.3 Å². The van der Waals surface area contributed by atoms with Crippen LogP contribution in [-0.2, 0) is 4.74 Å². The second-order valence-electron chi connectivity index (χ2n) is 5.16. The maximum atomic E-state index is 11.9. The van der Waals surface area contributed by atoms with Crippen molar-refractivity contribution in [3.63, 3.8) is 0 Å². The fourth-order valence-corrected chi connectivity index (χ4v) is 2.75. The molecule has 3 heteroatoms. The summed E-state index contributed by atoms with van der Waals surface area (Å²) in [6.07, 6.45) is 2.01. The second-order valence-corrected chi connectivity index (χ2v) is 5.16. The number of rotatable bonds is 2. The number of aromatic nitrogens is 1. The largest absolute Gasteiger partial charge is 0.465 e. The van der Waals surface area contributed by atoms with Crippen LogP contribution in [0.1, 0.15) is 21.5 Å². The Labute approximate surface area is 123 Å². The molecule has 106 valence electrons. The summed E-state index contributed by atoms with van der Waals surface area (Å²) in [6, 6.07) is 14.0. The molecule has 0 bridgehead atoms. The maximum Gasteiger partial charge on any atom is 0.338 e. The highest BCUT2D eigenvalue weighted by Gasteiger charge is 2.15. The van der Waals surface area contributed by atoms with Crippen molar-refractivity contribution in [1.82, 2.24) is 4.57 Å². The zero-order chi connectivity index (χ0) is 15.0. The maximum absolute atomic E-state index is 11.9. The van der Waals surface area contributed by atoms with Crippen molar-refractivity contribution >= 4 is 16.9 Å². The molecule has 0 aliphatic rings. The topological polar surface area (TPSA) is 31.2 Å². The lowest BCUT2D eigenvalue weighted by molar-refractivity contribution is 0.0603. The van der Waals surface area contributed by atoms with Gasteiger partial charge in [-0.25, -0.2) is 4.79 Å². The predicted octanol–water partition coefficient (Wildman–Crippen LogP) is 4.03. The molecule has 21 heavy (non-hydrogen) atoms. The lowest BCUT2D eigenvalue weighted by Crippen LogP contribution is -2.03. The van der Waals surface area contributed by atoms with Crippen molar-refractivity contribution in [2.24, 2.45) is 0 Å². The minimum atomic E-state index is -0.303. The van der Waals surface area contributed by atoms with Gasteiger partial charge in [0.2, 0.25) is 0 Å². The fourth-order valence-electron chi connectivity index (χ4n) is 2.75. The van der Waals surface area contributed by atoms with Crippen LogP contribution in [0.2, 0.25) is 0 Å². The van der Waals surface area contributed by atoms with Crippen LogP contribution >= 0.6 is 0 Å². The van der Waals surface area contributed by atoms with Crippen LogP contribution in [0.4, 0.5) is 0 Å². The summed E-state index contributed by atoms with van der Waals surface area (Å²) >= 11 is 0. The van der Waals surface area contributed by atoms with Crippen LogP contribution in [0.25, 0.3) is 16.6 Å². The predicted molar refractivity (Wildman–Crippen MR) is 84.1 cm³/mol. The van der Waals surface area contributed by atoms with Crippen molar-refractivity contribution < 1.29 is 9.53 Å². The Balaban J connectivity index is 2.32. The molecule has 2 aromatic carbocycles. The molecular formula is C18H17NO2. The van der Waals surface area contributed by atoms with Gasteiger partial charge in [0.1, 0.15) is 0 Å². The number of nitrogens with zero attached hydrogens (tertiary/aromatic N) is 1. The highest BCUT2D eigenvalue weighted by Crippen LogP contribution is 2.28. The van der Waals surface area contributed by atoms with E-state index < -0.39 is 0 Å². The average molecular weight is 279 g/mol. The number of hydrogen-bond donors (Lipinski definition) is 0. The van der Waals surface area contributed by atoms with Gasteiger partial charge in [-0.2, -0.15) is 0 Å². The third kappa shape index (κ3) is 2.11. The number of ether oxygens (including phenoxy) is 1. The molecule has 0 unspecified atom stereocenters. The van der Waals surface area contributed by atoms with Gasteiger partial charge in [0, 0.05) is 17.3 Å². The summed E-state index contributed by atoms with van der Waals surface area (Å²) < 4.78 is 7.01. The van der Waals surface area contributed by atoms with E-state index in [0.717, 1.165) is 22.2 Å². The molecule has 0 saturated heterocycles. The Bertz CT molecular complexity index is 830. The monoisotopic (exact) mass is 279 g/mol. The van der Waals surface area contributed by atoms with Gasteiger partial charge in [0.25, 0.3) is 0 Å². The van der Waals surface area contributed by atoms with Crippen LogP contribution in [0.15, 0.2) is 48.7 Å². The number of carbonyl (C=O) groups excluding carboxylic acids is 1. The van der Waals surface area contributed by atoms with Gasteiger partial charge in [0.05, 0.1) is 18.2 Å². The van der Waals surface area contributed by atoms with Gasteiger partial charge < -0.3 is 9.30 Å². The first-order valence-corrected chi connectivity index (χ1v) is 6.88. The SMILES string of the molecule is COC(=O)c1ccc(C)c2c1ccn2-c1ccccc1C. The number of aryl methyl sites for hydroxylation is 2. The first-order chi connectivity index (χ1) is 10.1. The molecule has 0 aliphatic carbocycles. The Morgan fingerprint density at radius 1 is 1.00 bits per heavy atom. The molecule has 0 fully saturated rings. The Hall–Kier alpha value is -2.55. The molecule has 3 nitrogen and oxygen atoms in total. The molecule has 0 amide bonds. The standard InChI is InChI=1S/C18H17NO2/c1-12-6-4-5-7-16(12)19-11-10-14-15(18(20)21-3)9-8-13(2)17(14)19/h4-11H,1-3H3. The van der Waals surface area contributed by atoms with Crippen molar-refractivity contribution in [3.8, 4) is 5.69 Å². The number of esters is 1. The minimum absolute atomic E-state index is 0.303. The van der Waals surface area contributed by atoms with Crippen LogP contribution in [0.5, 0.6) is 0 Å². The van der Waals surface area contributed by atoms with E-state index in [-0.39, 0.29) is 5.97 Å². The Morgan fingerprint density at radius 2 is 1.76 bits per heavy atom. The van der Waals surface area contributed by atoms with Gasteiger partial charge in [-0.3, -0.25) is 0 Å². The van der Waals surface area contributed by atoms with Gasteiger partial charge in [0.15, 0.2) is 0 Å². The summed E-state index contributed by atoms with van der Waals surface area (Å²) in [6.45, 7) is 4.14. The van der Waals surface area contributed by atoms with E-state index in [4.69, 9.17) is 4.74 Å². The van der Waals surface area contributed by atoms with Crippen LogP contribution < -0.4 is 0 Å². The highest BCUT2D eigenvalue weighted by molar-refractivity contribution is 6.05. The van der Waals surface area contributed by atoms with Crippen molar-refractivity contribution in [1.29, 1.82) is 0 Å². The van der Waals surface area contributed by atoms with E-state index in [0.29, 0.717) is 5.56 Å². The van der Waals surface area contributed by atoms with Gasteiger partial charge >= 0.3 is 5.97 Å². The van der Waals surface area contributed by atoms with E-state index in [1.54, 1.807) is 0 Å². The smallest absolute Gasteiger partial charge is 0.338 e. The number of fused-ring (bicyclic) bond motifs is 1. The molecule has 0 spiro atoms. The second kappa shape index (κ2) is 5.09. The van der Waals surface area contributed by atoms with Crippen molar-refractivity contribution in [3.05, 3.63) is 65.4 Å². The molecule has 0 atom stereocenters. The summed E-state index contributed by atoms with van der Waals surface area (Å²) in [5, 5.41) is 0.921. The molecule has 3 aromatic rings. The molecule has 0 radical (unpaired) electrons. The van der Waals surface area contributed by atoms with E-state index in [1.807, 2.05) is 36.5 Å². The van der Waals surface area contributed by atoms with E-state index >= 15 is 0 Å². The van der Waals surface area contributed by atoms with Crippen LogP contribution in [0, 0.1) is 13.8 Å². The van der Waals surface area contributed by atoms with Crippen molar-refractivity contribution in [2.75, 3.05) is 7.11 Å².